The highest BCUT2D eigenvalue weighted by Crippen LogP contribution is 2.22. The second-order valence-corrected chi connectivity index (χ2v) is 6.16. The fourth-order valence-electron chi connectivity index (χ4n) is 1.99. The van der Waals surface area contributed by atoms with Crippen molar-refractivity contribution in [2.45, 2.75) is 40.2 Å². The molecular formula is C13H18N4O2S. The maximum atomic E-state index is 11.7. The summed E-state index contributed by atoms with van der Waals surface area (Å²) in [5.74, 6) is -0.326. The Morgan fingerprint density at radius 2 is 2.10 bits per heavy atom. The van der Waals surface area contributed by atoms with Gasteiger partial charge in [0.15, 0.2) is 5.69 Å². The van der Waals surface area contributed by atoms with Crippen LogP contribution in [0.25, 0.3) is 0 Å². The largest absolute Gasteiger partial charge is 0.464 e. The van der Waals surface area contributed by atoms with Crippen LogP contribution in [0.3, 0.4) is 0 Å². The number of rotatable bonds is 4. The molecule has 0 fully saturated rings. The van der Waals surface area contributed by atoms with Crippen LogP contribution in [0.1, 0.15) is 51.5 Å². The van der Waals surface area contributed by atoms with E-state index in [1.54, 1.807) is 16.0 Å². The predicted molar refractivity (Wildman–Crippen MR) is 76.1 cm³/mol. The average molecular weight is 294 g/mol. The van der Waals surface area contributed by atoms with E-state index in [-0.39, 0.29) is 11.6 Å². The highest BCUT2D eigenvalue weighted by Gasteiger charge is 2.23. The number of aryl methyl sites for hydroxylation is 2. The zero-order chi connectivity index (χ0) is 14.9. The molecule has 0 aliphatic rings. The summed E-state index contributed by atoms with van der Waals surface area (Å²) >= 11 is 1.64. The predicted octanol–water partition coefficient (Wildman–Crippen LogP) is 2.31. The number of hydrogen-bond donors (Lipinski definition) is 0. The minimum atomic E-state index is -0.452. The van der Waals surface area contributed by atoms with E-state index >= 15 is 0 Å². The van der Waals surface area contributed by atoms with E-state index in [4.69, 9.17) is 4.74 Å². The lowest BCUT2D eigenvalue weighted by atomic mass is 10.1. The zero-order valence-electron chi connectivity index (χ0n) is 12.3. The number of esters is 1. The first-order valence-electron chi connectivity index (χ1n) is 6.38. The summed E-state index contributed by atoms with van der Waals surface area (Å²) in [6, 6.07) is 0. The van der Waals surface area contributed by atoms with E-state index < -0.39 is 5.97 Å². The quantitative estimate of drug-likeness (QED) is 0.809. The second-order valence-electron chi connectivity index (χ2n) is 4.88. The molecule has 7 heteroatoms. The van der Waals surface area contributed by atoms with Crippen molar-refractivity contribution >= 4 is 17.3 Å². The first kappa shape index (κ1) is 14.6. The highest BCUT2D eigenvalue weighted by molar-refractivity contribution is 7.11. The van der Waals surface area contributed by atoms with Crippen molar-refractivity contribution in [3.05, 3.63) is 27.0 Å². The van der Waals surface area contributed by atoms with Gasteiger partial charge in [0.25, 0.3) is 0 Å². The average Bonchev–Trinajstić information content (AvgIpc) is 2.93. The van der Waals surface area contributed by atoms with E-state index in [1.807, 2.05) is 27.7 Å². The van der Waals surface area contributed by atoms with E-state index in [0.29, 0.717) is 6.54 Å². The molecule has 0 saturated heterocycles. The molecule has 2 heterocycles. The summed E-state index contributed by atoms with van der Waals surface area (Å²) < 4.78 is 6.48. The SMILES string of the molecule is COC(=O)c1nnn(Cc2nc(C)c(C)s2)c1C(C)C. The highest BCUT2D eigenvalue weighted by atomic mass is 32.1. The van der Waals surface area contributed by atoms with Gasteiger partial charge in [-0.3, -0.25) is 0 Å². The molecule has 0 saturated carbocycles. The summed E-state index contributed by atoms with van der Waals surface area (Å²) in [6.07, 6.45) is 0. The lowest BCUT2D eigenvalue weighted by molar-refractivity contribution is 0.0592. The van der Waals surface area contributed by atoms with Crippen molar-refractivity contribution in [1.29, 1.82) is 0 Å². The minimum absolute atomic E-state index is 0.126. The molecular weight excluding hydrogens is 276 g/mol. The third-order valence-electron chi connectivity index (χ3n) is 3.06. The van der Waals surface area contributed by atoms with Gasteiger partial charge in [-0.1, -0.05) is 19.1 Å². The Hall–Kier alpha value is -1.76. The summed E-state index contributed by atoms with van der Waals surface area (Å²) in [5.41, 5.74) is 2.10. The van der Waals surface area contributed by atoms with Gasteiger partial charge in [0.05, 0.1) is 25.0 Å². The van der Waals surface area contributed by atoms with E-state index in [1.165, 1.54) is 12.0 Å². The summed E-state index contributed by atoms with van der Waals surface area (Å²) in [6.45, 7) is 8.55. The molecule has 6 nitrogen and oxygen atoms in total. The van der Waals surface area contributed by atoms with Crippen molar-refractivity contribution in [2.24, 2.45) is 0 Å². The normalized spacial score (nSPS) is 11.1. The number of carbonyl (C=O) groups excluding carboxylic acids is 1. The molecule has 108 valence electrons. The molecule has 2 aromatic heterocycles. The van der Waals surface area contributed by atoms with Gasteiger partial charge in [0.1, 0.15) is 5.01 Å². The van der Waals surface area contributed by atoms with Crippen LogP contribution in [0.15, 0.2) is 0 Å². The molecule has 0 N–H and O–H groups in total. The monoisotopic (exact) mass is 294 g/mol. The van der Waals surface area contributed by atoms with E-state index in [0.717, 1.165) is 16.4 Å². The summed E-state index contributed by atoms with van der Waals surface area (Å²) in [7, 11) is 1.35. The number of nitrogens with zero attached hydrogens (tertiary/aromatic N) is 4. The molecule has 0 atom stereocenters. The number of hydrogen-bond acceptors (Lipinski definition) is 6. The van der Waals surface area contributed by atoms with Crippen molar-refractivity contribution in [3.63, 3.8) is 0 Å². The van der Waals surface area contributed by atoms with Crippen LogP contribution in [-0.2, 0) is 11.3 Å². The first-order chi connectivity index (χ1) is 9.43. The summed E-state index contributed by atoms with van der Waals surface area (Å²) in [5, 5.41) is 8.98. The molecule has 2 aromatic rings. The molecule has 0 spiro atoms. The Labute approximate surface area is 121 Å². The van der Waals surface area contributed by atoms with Crippen LogP contribution in [-0.4, -0.2) is 33.1 Å². The van der Waals surface area contributed by atoms with Crippen LogP contribution >= 0.6 is 11.3 Å². The molecule has 0 aromatic carbocycles. The Morgan fingerprint density at radius 1 is 1.40 bits per heavy atom. The maximum absolute atomic E-state index is 11.7. The third-order valence-corrected chi connectivity index (χ3v) is 4.11. The van der Waals surface area contributed by atoms with E-state index in [2.05, 4.69) is 15.3 Å². The first-order valence-corrected chi connectivity index (χ1v) is 7.20. The van der Waals surface area contributed by atoms with Crippen molar-refractivity contribution in [2.75, 3.05) is 7.11 Å². The fourth-order valence-corrected chi connectivity index (χ4v) is 2.90. The lowest BCUT2D eigenvalue weighted by Crippen LogP contribution is -2.11. The van der Waals surface area contributed by atoms with Gasteiger partial charge in [0.2, 0.25) is 0 Å². The van der Waals surface area contributed by atoms with Gasteiger partial charge in [-0.05, 0) is 19.8 Å². The number of carbonyl (C=O) groups is 1. The van der Waals surface area contributed by atoms with Gasteiger partial charge in [0, 0.05) is 4.88 Å². The van der Waals surface area contributed by atoms with Gasteiger partial charge in [-0.25, -0.2) is 14.5 Å². The van der Waals surface area contributed by atoms with E-state index in [9.17, 15) is 4.79 Å². The van der Waals surface area contributed by atoms with Gasteiger partial charge < -0.3 is 4.74 Å². The number of aromatic nitrogens is 4. The number of thiazole rings is 1. The molecule has 0 unspecified atom stereocenters. The third kappa shape index (κ3) is 2.72. The Balaban J connectivity index is 2.37. The van der Waals surface area contributed by atoms with Crippen molar-refractivity contribution in [1.82, 2.24) is 20.0 Å². The second kappa shape index (κ2) is 5.70. The van der Waals surface area contributed by atoms with Crippen LogP contribution in [0.4, 0.5) is 0 Å². The molecule has 2 rings (SSSR count). The van der Waals surface area contributed by atoms with Crippen molar-refractivity contribution in [3.8, 4) is 0 Å². The lowest BCUT2D eigenvalue weighted by Gasteiger charge is -2.09. The Bertz CT molecular complexity index is 611. The fraction of sp³-hybridized carbons (Fsp3) is 0.538. The van der Waals surface area contributed by atoms with Gasteiger partial charge >= 0.3 is 5.97 Å². The molecule has 0 radical (unpaired) electrons. The van der Waals surface area contributed by atoms with Crippen LogP contribution < -0.4 is 0 Å². The van der Waals surface area contributed by atoms with Crippen LogP contribution in [0, 0.1) is 13.8 Å². The molecule has 0 bridgehead atoms. The van der Waals surface area contributed by atoms with Gasteiger partial charge in [-0.2, -0.15) is 0 Å². The molecule has 0 aliphatic heterocycles. The number of ether oxygens (including phenoxy) is 1. The minimum Gasteiger partial charge on any atom is -0.464 e. The standard InChI is InChI=1S/C13H18N4O2S/c1-7(2)12-11(13(18)19-5)15-16-17(12)6-10-14-8(3)9(4)20-10/h7H,6H2,1-5H3. The molecule has 20 heavy (non-hydrogen) atoms. The Kier molecular flexibility index (Phi) is 4.17. The van der Waals surface area contributed by atoms with Crippen molar-refractivity contribution < 1.29 is 9.53 Å². The number of methoxy groups -OCH3 is 1. The van der Waals surface area contributed by atoms with Crippen LogP contribution in [0.2, 0.25) is 0 Å². The maximum Gasteiger partial charge on any atom is 0.360 e. The smallest absolute Gasteiger partial charge is 0.360 e. The Morgan fingerprint density at radius 3 is 2.60 bits per heavy atom. The molecule has 0 amide bonds. The zero-order valence-corrected chi connectivity index (χ0v) is 13.1. The topological polar surface area (TPSA) is 69.9 Å². The van der Waals surface area contributed by atoms with Crippen LogP contribution in [0.5, 0.6) is 0 Å². The summed E-state index contributed by atoms with van der Waals surface area (Å²) in [4.78, 5) is 17.4. The van der Waals surface area contributed by atoms with Gasteiger partial charge in [-0.15, -0.1) is 16.4 Å². The molecule has 0 aliphatic carbocycles.